The monoisotopic (exact) mass is 416 g/mol. The van der Waals surface area contributed by atoms with Crippen molar-refractivity contribution in [3.05, 3.63) is 47.5 Å². The highest BCUT2D eigenvalue weighted by atomic mass is 32.2. The lowest BCUT2D eigenvalue weighted by atomic mass is 10.2. The van der Waals surface area contributed by atoms with Crippen molar-refractivity contribution in [3.63, 3.8) is 0 Å². The highest BCUT2D eigenvalue weighted by Crippen LogP contribution is 2.41. The molecule has 5 rings (SSSR count). The number of hydrogen-bond donors (Lipinski definition) is 0. The number of thiazole rings is 1. The quantitative estimate of drug-likeness (QED) is 0.646. The first-order chi connectivity index (χ1) is 13.6. The van der Waals surface area contributed by atoms with Crippen molar-refractivity contribution in [2.75, 3.05) is 19.8 Å². The van der Waals surface area contributed by atoms with E-state index in [0.717, 1.165) is 34.5 Å². The van der Waals surface area contributed by atoms with Gasteiger partial charge in [-0.15, -0.1) is 11.3 Å². The van der Waals surface area contributed by atoms with Crippen LogP contribution in [0.4, 0.5) is 0 Å². The van der Waals surface area contributed by atoms with E-state index < -0.39 is 10.0 Å². The number of aromatic nitrogens is 1. The van der Waals surface area contributed by atoms with Gasteiger partial charge in [0.1, 0.15) is 5.01 Å². The van der Waals surface area contributed by atoms with Crippen LogP contribution in [0.5, 0.6) is 11.5 Å². The number of benzene rings is 2. The highest BCUT2D eigenvalue weighted by Gasteiger charge is 2.38. The molecule has 1 saturated heterocycles. The van der Waals surface area contributed by atoms with E-state index in [1.807, 2.05) is 24.3 Å². The van der Waals surface area contributed by atoms with Crippen LogP contribution in [0.25, 0.3) is 10.2 Å². The number of fused-ring (bicyclic) bond motifs is 2. The van der Waals surface area contributed by atoms with Crippen LogP contribution in [0.15, 0.2) is 47.4 Å². The minimum Gasteiger partial charge on any atom is -0.490 e. The molecule has 2 aromatic carbocycles. The molecule has 2 aliphatic rings. The van der Waals surface area contributed by atoms with Crippen LogP contribution in [-0.4, -0.2) is 37.5 Å². The molecule has 0 amide bonds. The van der Waals surface area contributed by atoms with Crippen molar-refractivity contribution in [1.82, 2.24) is 9.29 Å². The van der Waals surface area contributed by atoms with Gasteiger partial charge in [0.2, 0.25) is 10.0 Å². The Morgan fingerprint density at radius 2 is 1.86 bits per heavy atom. The summed E-state index contributed by atoms with van der Waals surface area (Å²) < 4.78 is 40.8. The van der Waals surface area contributed by atoms with Crippen molar-refractivity contribution in [2.24, 2.45) is 0 Å². The van der Waals surface area contributed by atoms with Gasteiger partial charge >= 0.3 is 0 Å². The van der Waals surface area contributed by atoms with Crippen molar-refractivity contribution in [3.8, 4) is 11.5 Å². The third-order valence-corrected chi connectivity index (χ3v) is 8.17. The Labute approximate surface area is 167 Å². The average molecular weight is 417 g/mol. The van der Waals surface area contributed by atoms with E-state index in [4.69, 9.17) is 14.5 Å². The maximum atomic E-state index is 13.4. The van der Waals surface area contributed by atoms with Crippen molar-refractivity contribution in [2.45, 2.75) is 30.2 Å². The van der Waals surface area contributed by atoms with Crippen LogP contribution in [-0.2, 0) is 10.0 Å². The van der Waals surface area contributed by atoms with Gasteiger partial charge in [-0.3, -0.25) is 0 Å². The first-order valence-electron chi connectivity index (χ1n) is 9.40. The largest absolute Gasteiger partial charge is 0.490 e. The summed E-state index contributed by atoms with van der Waals surface area (Å²) in [5.74, 6) is 1.09. The second kappa shape index (κ2) is 7.02. The van der Waals surface area contributed by atoms with Crippen molar-refractivity contribution in [1.29, 1.82) is 0 Å². The molecular formula is C20H20N2O4S2. The first kappa shape index (κ1) is 17.9. The zero-order valence-electron chi connectivity index (χ0n) is 15.2. The van der Waals surface area contributed by atoms with Crippen LogP contribution in [0.1, 0.15) is 30.3 Å². The van der Waals surface area contributed by atoms with Crippen LogP contribution in [0.2, 0.25) is 0 Å². The third kappa shape index (κ3) is 3.05. The van der Waals surface area contributed by atoms with E-state index in [0.29, 0.717) is 31.3 Å². The van der Waals surface area contributed by atoms with E-state index in [-0.39, 0.29) is 10.9 Å². The standard InChI is InChI=1S/C20H20N2O4S2/c23-28(24,14-8-9-17-18(13-14)26-12-4-11-25-17)22-10-3-6-16(22)20-21-15-5-1-2-7-19(15)27-20/h1-2,5,7-9,13,16H,3-4,6,10-12H2/t16-/m0/s1. The Morgan fingerprint density at radius 3 is 2.71 bits per heavy atom. The minimum atomic E-state index is -3.65. The number of ether oxygens (including phenoxy) is 2. The predicted octanol–water partition coefficient (Wildman–Crippen LogP) is 3.98. The fourth-order valence-corrected chi connectivity index (χ4v) is 6.61. The molecule has 3 heterocycles. The number of nitrogens with zero attached hydrogens (tertiary/aromatic N) is 2. The second-order valence-corrected chi connectivity index (χ2v) is 9.91. The lowest BCUT2D eigenvalue weighted by molar-refractivity contribution is 0.296. The van der Waals surface area contributed by atoms with E-state index in [2.05, 4.69) is 0 Å². The van der Waals surface area contributed by atoms with Gasteiger partial charge in [0, 0.05) is 19.0 Å². The summed E-state index contributed by atoms with van der Waals surface area (Å²) in [4.78, 5) is 4.94. The Hall–Kier alpha value is -2.16. The number of sulfonamides is 1. The Morgan fingerprint density at radius 1 is 1.04 bits per heavy atom. The molecular weight excluding hydrogens is 396 g/mol. The van der Waals surface area contributed by atoms with Crippen LogP contribution >= 0.6 is 11.3 Å². The van der Waals surface area contributed by atoms with E-state index in [1.54, 1.807) is 33.8 Å². The lowest BCUT2D eigenvalue weighted by Crippen LogP contribution is -2.30. The molecule has 0 spiro atoms. The molecule has 2 aliphatic heterocycles. The van der Waals surface area contributed by atoms with E-state index in [9.17, 15) is 8.42 Å². The fraction of sp³-hybridized carbons (Fsp3) is 0.350. The van der Waals surface area contributed by atoms with Gasteiger partial charge in [-0.1, -0.05) is 12.1 Å². The molecule has 0 unspecified atom stereocenters. The number of rotatable bonds is 3. The van der Waals surface area contributed by atoms with Gasteiger partial charge in [0.15, 0.2) is 11.5 Å². The number of para-hydroxylation sites is 1. The summed E-state index contributed by atoms with van der Waals surface area (Å²) in [5.41, 5.74) is 0.919. The topological polar surface area (TPSA) is 68.7 Å². The molecule has 146 valence electrons. The second-order valence-electron chi connectivity index (χ2n) is 6.95. The molecule has 28 heavy (non-hydrogen) atoms. The summed E-state index contributed by atoms with van der Waals surface area (Å²) in [6, 6.07) is 12.6. The van der Waals surface area contributed by atoms with Gasteiger partial charge in [-0.2, -0.15) is 4.31 Å². The van der Waals surface area contributed by atoms with Gasteiger partial charge in [-0.05, 0) is 37.1 Å². The normalized spacial score (nSPS) is 20.4. The highest BCUT2D eigenvalue weighted by molar-refractivity contribution is 7.89. The Balaban J connectivity index is 1.50. The molecule has 0 bridgehead atoms. The zero-order valence-corrected chi connectivity index (χ0v) is 16.8. The van der Waals surface area contributed by atoms with E-state index >= 15 is 0 Å². The zero-order chi connectivity index (χ0) is 19.1. The average Bonchev–Trinajstić information content (AvgIpc) is 3.29. The molecule has 0 saturated carbocycles. The Kier molecular flexibility index (Phi) is 4.49. The molecule has 3 aromatic rings. The van der Waals surface area contributed by atoms with E-state index in [1.165, 1.54) is 0 Å². The van der Waals surface area contributed by atoms with Gasteiger partial charge < -0.3 is 9.47 Å². The van der Waals surface area contributed by atoms with Gasteiger partial charge in [0.05, 0.1) is 34.4 Å². The SMILES string of the molecule is O=S(=O)(c1ccc2c(c1)OCCCO2)N1CCC[C@H]1c1nc2ccccc2s1. The van der Waals surface area contributed by atoms with Crippen LogP contribution in [0, 0.1) is 0 Å². The summed E-state index contributed by atoms with van der Waals surface area (Å²) in [5, 5.41) is 0.858. The number of hydrogen-bond acceptors (Lipinski definition) is 6. The summed E-state index contributed by atoms with van der Waals surface area (Å²) >= 11 is 1.57. The minimum absolute atomic E-state index is 0.224. The van der Waals surface area contributed by atoms with Crippen molar-refractivity contribution >= 4 is 31.6 Å². The van der Waals surface area contributed by atoms with Crippen LogP contribution in [0.3, 0.4) is 0 Å². The lowest BCUT2D eigenvalue weighted by Gasteiger charge is -2.23. The third-order valence-electron chi connectivity index (χ3n) is 5.12. The van der Waals surface area contributed by atoms with Crippen molar-refractivity contribution < 1.29 is 17.9 Å². The summed E-state index contributed by atoms with van der Waals surface area (Å²) in [7, 11) is -3.65. The molecule has 0 N–H and O–H groups in total. The smallest absolute Gasteiger partial charge is 0.243 e. The van der Waals surface area contributed by atoms with Crippen LogP contribution < -0.4 is 9.47 Å². The molecule has 1 fully saturated rings. The molecule has 8 heteroatoms. The first-order valence-corrected chi connectivity index (χ1v) is 11.7. The molecule has 0 radical (unpaired) electrons. The maximum Gasteiger partial charge on any atom is 0.243 e. The molecule has 1 atom stereocenters. The summed E-state index contributed by atoms with van der Waals surface area (Å²) in [6.07, 6.45) is 2.39. The summed E-state index contributed by atoms with van der Waals surface area (Å²) in [6.45, 7) is 1.59. The van der Waals surface area contributed by atoms with Gasteiger partial charge in [0.25, 0.3) is 0 Å². The predicted molar refractivity (Wildman–Crippen MR) is 108 cm³/mol. The molecule has 1 aromatic heterocycles. The molecule has 6 nitrogen and oxygen atoms in total. The van der Waals surface area contributed by atoms with Gasteiger partial charge in [-0.25, -0.2) is 13.4 Å². The molecule has 0 aliphatic carbocycles. The maximum absolute atomic E-state index is 13.4. The Bertz CT molecular complexity index is 1090. The fourth-order valence-electron chi connectivity index (χ4n) is 3.75.